The van der Waals surface area contributed by atoms with Gasteiger partial charge in [-0.2, -0.15) is 0 Å². The molecule has 0 fully saturated rings. The van der Waals surface area contributed by atoms with E-state index in [2.05, 4.69) is 5.32 Å². The Morgan fingerprint density at radius 1 is 1.40 bits per heavy atom. The fourth-order valence-corrected chi connectivity index (χ4v) is 1.28. The van der Waals surface area contributed by atoms with E-state index in [0.717, 1.165) is 24.2 Å². The van der Waals surface area contributed by atoms with Crippen LogP contribution in [0.5, 0.6) is 5.75 Å². The summed E-state index contributed by atoms with van der Waals surface area (Å²) in [5.74, 6) is 0.113. The van der Waals surface area contributed by atoms with E-state index >= 15 is 0 Å². The van der Waals surface area contributed by atoms with Crippen LogP contribution in [0.4, 0.5) is 5.69 Å². The lowest BCUT2D eigenvalue weighted by atomic mass is 10.1. The second-order valence-electron chi connectivity index (χ2n) is 2.50. The summed E-state index contributed by atoms with van der Waals surface area (Å²) < 4.78 is 0. The fourth-order valence-electron chi connectivity index (χ4n) is 1.28. The van der Waals surface area contributed by atoms with Crippen molar-refractivity contribution >= 4 is 5.69 Å². The predicted molar refractivity (Wildman–Crippen MR) is 38.8 cm³/mol. The third-order valence-corrected chi connectivity index (χ3v) is 1.79. The first kappa shape index (κ1) is 5.59. The normalized spacial score (nSPS) is 14.4. The van der Waals surface area contributed by atoms with Gasteiger partial charge in [0.1, 0.15) is 0 Å². The van der Waals surface area contributed by atoms with Gasteiger partial charge in [-0.25, -0.2) is 0 Å². The molecule has 2 rings (SSSR count). The SMILES string of the molecule is [O]c1ccc2c(c1)CCN2. The molecule has 0 atom stereocenters. The van der Waals surface area contributed by atoms with Gasteiger partial charge in [0.15, 0.2) is 5.75 Å². The van der Waals surface area contributed by atoms with Crippen LogP contribution < -0.4 is 5.32 Å². The number of rotatable bonds is 0. The fraction of sp³-hybridized carbons (Fsp3) is 0.250. The zero-order chi connectivity index (χ0) is 6.97. The van der Waals surface area contributed by atoms with Crippen molar-refractivity contribution in [3.63, 3.8) is 0 Å². The molecule has 1 aliphatic heterocycles. The molecule has 0 aliphatic carbocycles. The summed E-state index contributed by atoms with van der Waals surface area (Å²) in [6.45, 7) is 0.971. The Labute approximate surface area is 59.5 Å². The number of hydrogen-bond donors (Lipinski definition) is 1. The zero-order valence-electron chi connectivity index (χ0n) is 5.55. The van der Waals surface area contributed by atoms with Crippen LogP contribution in [0, 0.1) is 0 Å². The molecule has 0 unspecified atom stereocenters. The average molecular weight is 134 g/mol. The zero-order valence-corrected chi connectivity index (χ0v) is 5.55. The van der Waals surface area contributed by atoms with Crippen molar-refractivity contribution in [1.29, 1.82) is 0 Å². The molecule has 2 nitrogen and oxygen atoms in total. The average Bonchev–Trinajstić information content (AvgIpc) is 2.33. The van der Waals surface area contributed by atoms with Crippen LogP contribution in [-0.4, -0.2) is 6.54 Å². The van der Waals surface area contributed by atoms with Crippen LogP contribution >= 0.6 is 0 Å². The Morgan fingerprint density at radius 2 is 2.30 bits per heavy atom. The molecule has 1 aromatic rings. The Bertz CT molecular complexity index is 257. The Hall–Kier alpha value is -1.18. The summed E-state index contributed by atoms with van der Waals surface area (Å²) in [4.78, 5) is 0. The van der Waals surface area contributed by atoms with Crippen molar-refractivity contribution in [2.24, 2.45) is 0 Å². The first-order chi connectivity index (χ1) is 4.86. The molecule has 0 bridgehead atoms. The van der Waals surface area contributed by atoms with Crippen molar-refractivity contribution in [1.82, 2.24) is 0 Å². The summed E-state index contributed by atoms with van der Waals surface area (Å²) in [7, 11) is 0. The van der Waals surface area contributed by atoms with E-state index in [1.54, 1.807) is 12.1 Å². The van der Waals surface area contributed by atoms with E-state index in [-0.39, 0.29) is 5.75 Å². The Balaban J connectivity index is 2.52. The van der Waals surface area contributed by atoms with E-state index < -0.39 is 0 Å². The van der Waals surface area contributed by atoms with Gasteiger partial charge in [0, 0.05) is 12.2 Å². The van der Waals surface area contributed by atoms with Gasteiger partial charge < -0.3 is 5.32 Å². The molecule has 1 N–H and O–H groups in total. The number of nitrogens with one attached hydrogen (secondary N) is 1. The molecule has 1 aromatic carbocycles. The molecular weight excluding hydrogens is 126 g/mol. The number of anilines is 1. The maximum absolute atomic E-state index is 10.8. The molecule has 2 heteroatoms. The van der Waals surface area contributed by atoms with Crippen molar-refractivity contribution in [2.45, 2.75) is 6.42 Å². The van der Waals surface area contributed by atoms with E-state index in [1.807, 2.05) is 6.07 Å². The molecule has 51 valence electrons. The second kappa shape index (κ2) is 1.90. The lowest BCUT2D eigenvalue weighted by Crippen LogP contribution is -1.90. The number of benzene rings is 1. The maximum atomic E-state index is 10.8. The Kier molecular flexibility index (Phi) is 1.07. The monoisotopic (exact) mass is 134 g/mol. The number of fused-ring (bicyclic) bond motifs is 1. The minimum absolute atomic E-state index is 0.113. The van der Waals surface area contributed by atoms with Gasteiger partial charge >= 0.3 is 0 Å². The van der Waals surface area contributed by atoms with Crippen molar-refractivity contribution in [3.05, 3.63) is 23.8 Å². The van der Waals surface area contributed by atoms with Crippen LogP contribution in [0.1, 0.15) is 5.56 Å². The van der Waals surface area contributed by atoms with Gasteiger partial charge in [0.25, 0.3) is 0 Å². The minimum Gasteiger partial charge on any atom is -0.384 e. The van der Waals surface area contributed by atoms with Crippen molar-refractivity contribution in [2.75, 3.05) is 11.9 Å². The predicted octanol–water partition coefficient (Wildman–Crippen LogP) is 1.80. The molecule has 0 saturated carbocycles. The van der Waals surface area contributed by atoms with Crippen LogP contribution in [-0.2, 0) is 11.5 Å². The van der Waals surface area contributed by atoms with E-state index in [1.165, 1.54) is 0 Å². The van der Waals surface area contributed by atoms with E-state index in [0.29, 0.717) is 0 Å². The summed E-state index contributed by atoms with van der Waals surface area (Å²) in [6, 6.07) is 5.15. The van der Waals surface area contributed by atoms with Crippen molar-refractivity contribution in [3.8, 4) is 5.75 Å². The Morgan fingerprint density at radius 3 is 3.20 bits per heavy atom. The first-order valence-electron chi connectivity index (χ1n) is 3.40. The standard InChI is InChI=1S/C8H8NO/c10-7-1-2-8-6(5-7)3-4-9-8/h1-2,5,9H,3-4H2. The highest BCUT2D eigenvalue weighted by Gasteiger charge is 2.09. The van der Waals surface area contributed by atoms with Gasteiger partial charge in [-0.05, 0) is 30.2 Å². The largest absolute Gasteiger partial charge is 0.384 e. The molecule has 0 amide bonds. The molecule has 10 heavy (non-hydrogen) atoms. The summed E-state index contributed by atoms with van der Waals surface area (Å²) >= 11 is 0. The van der Waals surface area contributed by atoms with Gasteiger partial charge in [-0.3, -0.25) is 5.11 Å². The molecule has 0 spiro atoms. The van der Waals surface area contributed by atoms with Crippen LogP contribution in [0.2, 0.25) is 0 Å². The molecule has 1 radical (unpaired) electrons. The van der Waals surface area contributed by atoms with Crippen LogP contribution in [0.3, 0.4) is 0 Å². The molecule has 0 saturated heterocycles. The summed E-state index contributed by atoms with van der Waals surface area (Å²) in [5, 5.41) is 14.0. The van der Waals surface area contributed by atoms with Crippen LogP contribution in [0.25, 0.3) is 0 Å². The highest BCUT2D eigenvalue weighted by Crippen LogP contribution is 2.25. The lowest BCUT2D eigenvalue weighted by molar-refractivity contribution is 0.354. The highest BCUT2D eigenvalue weighted by molar-refractivity contribution is 5.57. The minimum atomic E-state index is 0.113. The lowest BCUT2D eigenvalue weighted by Gasteiger charge is -1.96. The summed E-state index contributed by atoms with van der Waals surface area (Å²) in [6.07, 6.45) is 0.991. The first-order valence-corrected chi connectivity index (χ1v) is 3.40. The van der Waals surface area contributed by atoms with Gasteiger partial charge in [-0.15, -0.1) is 0 Å². The highest BCUT2D eigenvalue weighted by atomic mass is 16.3. The third kappa shape index (κ3) is 0.727. The topological polar surface area (TPSA) is 31.9 Å². The smallest absolute Gasteiger partial charge is 0.179 e. The second-order valence-corrected chi connectivity index (χ2v) is 2.50. The molecule has 1 aliphatic rings. The van der Waals surface area contributed by atoms with E-state index in [9.17, 15) is 5.11 Å². The molecule has 1 heterocycles. The van der Waals surface area contributed by atoms with Crippen LogP contribution in [0.15, 0.2) is 18.2 Å². The van der Waals surface area contributed by atoms with Crippen molar-refractivity contribution < 1.29 is 5.11 Å². The maximum Gasteiger partial charge on any atom is 0.179 e. The van der Waals surface area contributed by atoms with Gasteiger partial charge in [0.2, 0.25) is 0 Å². The number of hydrogen-bond acceptors (Lipinski definition) is 1. The van der Waals surface area contributed by atoms with Gasteiger partial charge in [0.05, 0.1) is 0 Å². The molecule has 0 aromatic heterocycles. The quantitative estimate of drug-likeness (QED) is 0.576. The summed E-state index contributed by atoms with van der Waals surface area (Å²) in [5.41, 5.74) is 2.28. The van der Waals surface area contributed by atoms with Gasteiger partial charge in [-0.1, -0.05) is 0 Å². The third-order valence-electron chi connectivity index (χ3n) is 1.79. The molecular formula is C8H8NO. The van der Waals surface area contributed by atoms with E-state index in [4.69, 9.17) is 0 Å².